The van der Waals surface area contributed by atoms with Crippen LogP contribution in [-0.4, -0.2) is 44.8 Å². The van der Waals surface area contributed by atoms with Gasteiger partial charge in [-0.25, -0.2) is 14.8 Å². The summed E-state index contributed by atoms with van der Waals surface area (Å²) in [4.78, 5) is 21.7. The Bertz CT molecular complexity index is 519. The van der Waals surface area contributed by atoms with Crippen LogP contribution in [0, 0.1) is 0 Å². The van der Waals surface area contributed by atoms with Crippen molar-refractivity contribution >= 4 is 11.7 Å². The molecule has 0 radical (unpaired) electrons. The topological polar surface area (TPSA) is 75.5 Å². The van der Waals surface area contributed by atoms with Crippen LogP contribution < -0.4 is 0 Å². The summed E-state index contributed by atoms with van der Waals surface area (Å²) in [6.45, 7) is 14.6. The van der Waals surface area contributed by atoms with Crippen molar-refractivity contribution in [1.82, 2.24) is 14.9 Å². The maximum atomic E-state index is 11.9. The highest BCUT2D eigenvalue weighted by Gasteiger charge is 2.24. The second-order valence-corrected chi connectivity index (χ2v) is 5.67. The van der Waals surface area contributed by atoms with E-state index in [1.165, 1.54) is 12.4 Å². The summed E-state index contributed by atoms with van der Waals surface area (Å²) in [6.07, 6.45) is 5.01. The van der Waals surface area contributed by atoms with Crippen molar-refractivity contribution in [1.29, 1.82) is 0 Å². The van der Waals surface area contributed by atoms with Gasteiger partial charge in [0.05, 0.1) is 12.4 Å². The number of amides is 1. The highest BCUT2D eigenvalue weighted by atomic mass is 16.6. The fourth-order valence-corrected chi connectivity index (χ4v) is 1.85. The third-order valence-corrected chi connectivity index (χ3v) is 2.79. The van der Waals surface area contributed by atoms with E-state index >= 15 is 0 Å². The van der Waals surface area contributed by atoms with Crippen molar-refractivity contribution in [2.45, 2.75) is 60.5 Å². The zero-order chi connectivity index (χ0) is 18.8. The van der Waals surface area contributed by atoms with Gasteiger partial charge in [-0.05, 0) is 32.8 Å². The number of ether oxygens (including phenoxy) is 1. The Hall–Kier alpha value is -2.11. The summed E-state index contributed by atoms with van der Waals surface area (Å²) in [6, 6.07) is 0. The number of rotatable bonds is 1. The van der Waals surface area contributed by atoms with Crippen LogP contribution in [0.2, 0.25) is 0 Å². The van der Waals surface area contributed by atoms with Gasteiger partial charge in [0.1, 0.15) is 5.60 Å². The first kappa shape index (κ1) is 21.9. The SMILES string of the molecule is CC.CC.CC(C)(C)OC(=O)N1CC=C(c2ncc(O)cn2)CC1. The lowest BCUT2D eigenvalue weighted by atomic mass is 10.1. The Morgan fingerprint density at radius 2 is 1.71 bits per heavy atom. The molecule has 1 aliphatic heterocycles. The highest BCUT2D eigenvalue weighted by Crippen LogP contribution is 2.21. The molecule has 1 amide bonds. The minimum atomic E-state index is -0.485. The first-order valence-corrected chi connectivity index (χ1v) is 8.53. The molecule has 0 unspecified atom stereocenters. The number of carbonyl (C=O) groups is 1. The molecule has 0 atom stereocenters. The van der Waals surface area contributed by atoms with E-state index in [1.807, 2.05) is 54.5 Å². The van der Waals surface area contributed by atoms with Crippen LogP contribution in [0.5, 0.6) is 5.75 Å². The van der Waals surface area contributed by atoms with Crippen molar-refractivity contribution in [3.63, 3.8) is 0 Å². The third kappa shape index (κ3) is 7.44. The first-order valence-electron chi connectivity index (χ1n) is 8.53. The van der Waals surface area contributed by atoms with Crippen LogP contribution in [0.3, 0.4) is 0 Å². The van der Waals surface area contributed by atoms with E-state index in [0.29, 0.717) is 25.3 Å². The average Bonchev–Trinajstić information content (AvgIpc) is 2.58. The molecule has 6 nitrogen and oxygen atoms in total. The predicted octanol–water partition coefficient (Wildman–Crippen LogP) is 4.26. The Morgan fingerprint density at radius 1 is 1.17 bits per heavy atom. The molecule has 1 N–H and O–H groups in total. The quantitative estimate of drug-likeness (QED) is 0.828. The van der Waals surface area contributed by atoms with Crippen LogP contribution in [0.25, 0.3) is 5.57 Å². The second-order valence-electron chi connectivity index (χ2n) is 5.67. The summed E-state index contributed by atoms with van der Waals surface area (Å²) >= 11 is 0. The van der Waals surface area contributed by atoms with Gasteiger partial charge in [-0.15, -0.1) is 0 Å². The van der Waals surface area contributed by atoms with Gasteiger partial charge in [-0.2, -0.15) is 0 Å². The van der Waals surface area contributed by atoms with E-state index in [1.54, 1.807) is 4.90 Å². The number of carbonyl (C=O) groups excluding carboxylic acids is 1. The molecule has 2 rings (SSSR count). The van der Waals surface area contributed by atoms with Crippen molar-refractivity contribution in [3.05, 3.63) is 24.3 Å². The average molecular weight is 337 g/mol. The monoisotopic (exact) mass is 337 g/mol. The smallest absolute Gasteiger partial charge is 0.410 e. The molecular formula is C18H31N3O3. The van der Waals surface area contributed by atoms with Gasteiger partial charge in [-0.1, -0.05) is 33.8 Å². The molecule has 0 aliphatic carbocycles. The molecule has 2 heterocycles. The van der Waals surface area contributed by atoms with Gasteiger partial charge < -0.3 is 14.7 Å². The molecule has 0 bridgehead atoms. The standard InChI is InChI=1S/C14H19N3O3.2C2H6/c1-14(2,3)20-13(19)17-6-4-10(5-7-17)12-15-8-11(18)9-16-12;2*1-2/h4,8-9,18H,5-7H2,1-3H3;2*1-2H3. The van der Waals surface area contributed by atoms with Crippen molar-refractivity contribution in [2.75, 3.05) is 13.1 Å². The molecule has 1 aromatic heterocycles. The van der Waals surface area contributed by atoms with Gasteiger partial charge in [0.15, 0.2) is 11.6 Å². The fraction of sp³-hybridized carbons (Fsp3) is 0.611. The van der Waals surface area contributed by atoms with Gasteiger partial charge in [-0.3, -0.25) is 0 Å². The van der Waals surface area contributed by atoms with Crippen molar-refractivity contribution in [3.8, 4) is 5.75 Å². The lowest BCUT2D eigenvalue weighted by Crippen LogP contribution is -2.39. The van der Waals surface area contributed by atoms with E-state index < -0.39 is 5.60 Å². The molecule has 136 valence electrons. The Balaban J connectivity index is 0.00000123. The maximum absolute atomic E-state index is 11.9. The van der Waals surface area contributed by atoms with E-state index in [4.69, 9.17) is 9.84 Å². The Labute approximate surface area is 145 Å². The second kappa shape index (κ2) is 10.6. The van der Waals surface area contributed by atoms with E-state index in [9.17, 15) is 4.79 Å². The Kier molecular flexibility index (Phi) is 9.69. The summed E-state index contributed by atoms with van der Waals surface area (Å²) in [5.41, 5.74) is 0.492. The molecule has 0 fully saturated rings. The minimum Gasteiger partial charge on any atom is -0.505 e. The van der Waals surface area contributed by atoms with Gasteiger partial charge in [0.25, 0.3) is 0 Å². The summed E-state index contributed by atoms with van der Waals surface area (Å²) in [5.74, 6) is 0.632. The molecule has 1 aliphatic rings. The minimum absolute atomic E-state index is 0.0422. The summed E-state index contributed by atoms with van der Waals surface area (Å²) < 4.78 is 5.33. The van der Waals surface area contributed by atoms with Crippen LogP contribution >= 0.6 is 0 Å². The summed E-state index contributed by atoms with van der Waals surface area (Å²) in [5, 5.41) is 9.16. The number of hydrogen-bond acceptors (Lipinski definition) is 5. The Morgan fingerprint density at radius 3 is 2.12 bits per heavy atom. The van der Waals surface area contributed by atoms with Crippen LogP contribution in [0.15, 0.2) is 18.5 Å². The molecule has 6 heteroatoms. The molecule has 0 aromatic carbocycles. The number of aromatic hydroxyl groups is 1. The molecule has 1 aromatic rings. The normalized spacial score (nSPS) is 13.6. The molecule has 0 saturated carbocycles. The lowest BCUT2D eigenvalue weighted by molar-refractivity contribution is 0.0270. The molecular weight excluding hydrogens is 306 g/mol. The van der Waals surface area contributed by atoms with E-state index in [0.717, 1.165) is 5.57 Å². The van der Waals surface area contributed by atoms with Crippen LogP contribution in [0.4, 0.5) is 4.79 Å². The maximum Gasteiger partial charge on any atom is 0.410 e. The lowest BCUT2D eigenvalue weighted by Gasteiger charge is -2.29. The van der Waals surface area contributed by atoms with Crippen molar-refractivity contribution in [2.24, 2.45) is 0 Å². The molecule has 0 saturated heterocycles. The number of nitrogens with zero attached hydrogens (tertiary/aromatic N) is 3. The van der Waals surface area contributed by atoms with E-state index in [2.05, 4.69) is 9.97 Å². The van der Waals surface area contributed by atoms with Crippen molar-refractivity contribution < 1.29 is 14.6 Å². The summed E-state index contributed by atoms with van der Waals surface area (Å²) in [7, 11) is 0. The zero-order valence-corrected chi connectivity index (χ0v) is 16.0. The van der Waals surface area contributed by atoms with Gasteiger partial charge >= 0.3 is 6.09 Å². The largest absolute Gasteiger partial charge is 0.505 e. The van der Waals surface area contributed by atoms with Gasteiger partial charge in [0.2, 0.25) is 0 Å². The zero-order valence-electron chi connectivity index (χ0n) is 16.0. The van der Waals surface area contributed by atoms with Gasteiger partial charge in [0, 0.05) is 13.1 Å². The van der Waals surface area contributed by atoms with Crippen LogP contribution in [-0.2, 0) is 4.74 Å². The number of aromatic nitrogens is 2. The highest BCUT2D eigenvalue weighted by molar-refractivity contribution is 5.71. The predicted molar refractivity (Wildman–Crippen MR) is 96.8 cm³/mol. The fourth-order valence-electron chi connectivity index (χ4n) is 1.85. The molecule has 24 heavy (non-hydrogen) atoms. The number of hydrogen-bond donors (Lipinski definition) is 1. The van der Waals surface area contributed by atoms with Crippen LogP contribution in [0.1, 0.15) is 60.7 Å². The van der Waals surface area contributed by atoms with E-state index in [-0.39, 0.29) is 11.8 Å². The first-order chi connectivity index (χ1) is 11.3. The molecule has 0 spiro atoms. The third-order valence-electron chi connectivity index (χ3n) is 2.79.